The van der Waals surface area contributed by atoms with Gasteiger partial charge in [-0.2, -0.15) is 0 Å². The molecule has 1 saturated heterocycles. The molecule has 0 spiro atoms. The summed E-state index contributed by atoms with van der Waals surface area (Å²) in [6.07, 6.45) is 2.19. The van der Waals surface area contributed by atoms with Crippen molar-refractivity contribution >= 4 is 46.3 Å². The monoisotopic (exact) mass is 351 g/mol. The zero-order valence-electron chi connectivity index (χ0n) is 13.1. The lowest BCUT2D eigenvalue weighted by atomic mass is 10.1. The molecule has 23 heavy (non-hydrogen) atoms. The molecular formula is C16H17NO4S2. The van der Waals surface area contributed by atoms with Crippen molar-refractivity contribution in [1.29, 1.82) is 0 Å². The van der Waals surface area contributed by atoms with E-state index in [-0.39, 0.29) is 5.91 Å². The third-order valence-corrected chi connectivity index (χ3v) is 4.74. The molecule has 1 heterocycles. The first-order valence-corrected chi connectivity index (χ1v) is 8.23. The molecule has 7 heteroatoms. The van der Waals surface area contributed by atoms with Gasteiger partial charge in [0, 0.05) is 0 Å². The summed E-state index contributed by atoms with van der Waals surface area (Å²) >= 11 is 6.45. The van der Waals surface area contributed by atoms with E-state index < -0.39 is 12.0 Å². The summed E-state index contributed by atoms with van der Waals surface area (Å²) in [7, 11) is 2.90. The Morgan fingerprint density at radius 1 is 1.35 bits per heavy atom. The van der Waals surface area contributed by atoms with Crippen molar-refractivity contribution in [2.24, 2.45) is 0 Å². The summed E-state index contributed by atoms with van der Waals surface area (Å²) in [6, 6.07) is 6.65. The molecule has 1 aromatic rings. The van der Waals surface area contributed by atoms with E-state index in [1.165, 1.54) is 23.8 Å². The number of carbonyl (C=O) groups is 2. The smallest absolute Gasteiger partial charge is 0.329 e. The molecule has 2 rings (SSSR count). The normalized spacial score (nSPS) is 17.5. The van der Waals surface area contributed by atoms with Gasteiger partial charge < -0.3 is 9.47 Å². The number of hydrogen-bond acceptors (Lipinski definition) is 6. The molecule has 5 nitrogen and oxygen atoms in total. The third-order valence-electron chi connectivity index (χ3n) is 3.41. The molecule has 122 valence electrons. The quantitative estimate of drug-likeness (QED) is 0.462. The van der Waals surface area contributed by atoms with Gasteiger partial charge in [-0.3, -0.25) is 9.69 Å². The highest BCUT2D eigenvalue weighted by Gasteiger charge is 2.40. The van der Waals surface area contributed by atoms with Crippen LogP contribution in [0.4, 0.5) is 0 Å². The Labute approximate surface area is 144 Å². The predicted molar refractivity (Wildman–Crippen MR) is 94.1 cm³/mol. The predicted octanol–water partition coefficient (Wildman–Crippen LogP) is 2.85. The van der Waals surface area contributed by atoms with Gasteiger partial charge in [-0.15, -0.1) is 0 Å². The Morgan fingerprint density at radius 3 is 2.52 bits per heavy atom. The fourth-order valence-corrected chi connectivity index (χ4v) is 3.55. The number of thiocarbonyl (C=S) groups is 1. The van der Waals surface area contributed by atoms with E-state index in [0.29, 0.717) is 15.6 Å². The van der Waals surface area contributed by atoms with E-state index in [1.807, 2.05) is 31.2 Å². The minimum atomic E-state index is -0.686. The number of hydrogen-bond donors (Lipinski definition) is 0. The molecular weight excluding hydrogens is 334 g/mol. The highest BCUT2D eigenvalue weighted by Crippen LogP contribution is 2.35. The molecule has 1 aromatic carbocycles. The van der Waals surface area contributed by atoms with Gasteiger partial charge in [-0.25, -0.2) is 4.79 Å². The van der Waals surface area contributed by atoms with Crippen LogP contribution in [0.3, 0.4) is 0 Å². The first-order valence-electron chi connectivity index (χ1n) is 7.00. The van der Waals surface area contributed by atoms with E-state index in [9.17, 15) is 9.59 Å². The Hall–Kier alpha value is -1.86. The molecule has 0 radical (unpaired) electrons. The van der Waals surface area contributed by atoms with Crippen molar-refractivity contribution in [3.8, 4) is 5.75 Å². The summed E-state index contributed by atoms with van der Waals surface area (Å²) < 4.78 is 10.2. The number of carbonyl (C=O) groups excluding carboxylic acids is 2. The Bertz CT molecular complexity index is 655. The number of amides is 1. The summed E-state index contributed by atoms with van der Waals surface area (Å²) in [5.41, 5.74) is 0.859. The van der Waals surface area contributed by atoms with Crippen molar-refractivity contribution in [2.45, 2.75) is 19.4 Å². The number of benzene rings is 1. The first kappa shape index (κ1) is 17.5. The van der Waals surface area contributed by atoms with Gasteiger partial charge in [-0.1, -0.05) is 43.0 Å². The van der Waals surface area contributed by atoms with Gasteiger partial charge in [-0.05, 0) is 30.2 Å². The highest BCUT2D eigenvalue weighted by atomic mass is 32.2. The van der Waals surface area contributed by atoms with Gasteiger partial charge >= 0.3 is 5.97 Å². The number of ether oxygens (including phenoxy) is 2. The van der Waals surface area contributed by atoms with Crippen LogP contribution in [0.15, 0.2) is 29.2 Å². The standard InChI is InChI=1S/C16H17NO4S2/c1-4-12(15(19)21-3)17-14(18)13(23-16(17)22)9-10-5-7-11(20-2)8-6-10/h5-9,12H,4H2,1-3H3. The molecule has 1 atom stereocenters. The van der Waals surface area contributed by atoms with Gasteiger partial charge in [0.25, 0.3) is 5.91 Å². The van der Waals surface area contributed by atoms with Crippen molar-refractivity contribution < 1.29 is 19.1 Å². The summed E-state index contributed by atoms with van der Waals surface area (Å²) in [6.45, 7) is 1.81. The molecule has 0 aliphatic carbocycles. The van der Waals surface area contributed by atoms with Crippen molar-refractivity contribution in [3.05, 3.63) is 34.7 Å². The maximum Gasteiger partial charge on any atom is 0.329 e. The van der Waals surface area contributed by atoms with E-state index in [1.54, 1.807) is 13.2 Å². The minimum absolute atomic E-state index is 0.270. The van der Waals surface area contributed by atoms with Crippen LogP contribution in [0.2, 0.25) is 0 Å². The lowest BCUT2D eigenvalue weighted by Crippen LogP contribution is -2.44. The average Bonchev–Trinajstić information content (AvgIpc) is 2.83. The van der Waals surface area contributed by atoms with Gasteiger partial charge in [0.05, 0.1) is 19.1 Å². The molecule has 0 N–H and O–H groups in total. The lowest BCUT2D eigenvalue weighted by Gasteiger charge is -2.23. The highest BCUT2D eigenvalue weighted by molar-refractivity contribution is 8.26. The lowest BCUT2D eigenvalue weighted by molar-refractivity contribution is -0.148. The number of rotatable bonds is 5. The SMILES string of the molecule is CCC(C(=O)OC)N1C(=O)C(=Cc2ccc(OC)cc2)SC1=S. The van der Waals surface area contributed by atoms with Crippen molar-refractivity contribution in [3.63, 3.8) is 0 Å². The second-order valence-electron chi connectivity index (χ2n) is 4.77. The van der Waals surface area contributed by atoms with E-state index in [4.69, 9.17) is 21.7 Å². The molecule has 0 bridgehead atoms. The number of thioether (sulfide) groups is 1. The third kappa shape index (κ3) is 3.73. The van der Waals surface area contributed by atoms with Crippen molar-refractivity contribution in [1.82, 2.24) is 4.90 Å². The Morgan fingerprint density at radius 2 is 2.00 bits per heavy atom. The summed E-state index contributed by atoms with van der Waals surface area (Å²) in [5.74, 6) is 0.00834. The Kier molecular flexibility index (Phi) is 5.79. The van der Waals surface area contributed by atoms with Gasteiger partial charge in [0.2, 0.25) is 0 Å². The second-order valence-corrected chi connectivity index (χ2v) is 6.45. The molecule has 1 aliphatic heterocycles. The van der Waals surface area contributed by atoms with Gasteiger partial charge in [0.15, 0.2) is 0 Å². The molecule has 1 fully saturated rings. The fourth-order valence-electron chi connectivity index (χ4n) is 2.19. The molecule has 0 saturated carbocycles. The van der Waals surface area contributed by atoms with Crippen LogP contribution in [-0.4, -0.2) is 41.4 Å². The van der Waals surface area contributed by atoms with Crippen LogP contribution in [0, 0.1) is 0 Å². The zero-order valence-corrected chi connectivity index (χ0v) is 14.7. The second kappa shape index (κ2) is 7.61. The van der Waals surface area contributed by atoms with E-state index in [0.717, 1.165) is 11.3 Å². The summed E-state index contributed by atoms with van der Waals surface area (Å²) in [4.78, 5) is 26.2. The first-order chi connectivity index (χ1) is 11.0. The van der Waals surface area contributed by atoms with Crippen LogP contribution >= 0.6 is 24.0 Å². The zero-order chi connectivity index (χ0) is 17.0. The molecule has 1 aliphatic rings. The maximum atomic E-state index is 12.6. The molecule has 1 amide bonds. The minimum Gasteiger partial charge on any atom is -0.497 e. The van der Waals surface area contributed by atoms with Crippen molar-refractivity contribution in [2.75, 3.05) is 14.2 Å². The van der Waals surface area contributed by atoms with Crippen LogP contribution < -0.4 is 4.74 Å². The molecule has 0 aromatic heterocycles. The average molecular weight is 351 g/mol. The fraction of sp³-hybridized carbons (Fsp3) is 0.312. The van der Waals surface area contributed by atoms with Crippen LogP contribution in [0.1, 0.15) is 18.9 Å². The topological polar surface area (TPSA) is 55.8 Å². The Balaban J connectivity index is 2.26. The number of esters is 1. The van der Waals surface area contributed by atoms with Crippen LogP contribution in [0.5, 0.6) is 5.75 Å². The number of methoxy groups -OCH3 is 2. The summed E-state index contributed by atoms with van der Waals surface area (Å²) in [5, 5.41) is 0. The number of nitrogens with zero attached hydrogens (tertiary/aromatic N) is 1. The van der Waals surface area contributed by atoms with Crippen LogP contribution in [0.25, 0.3) is 6.08 Å². The largest absolute Gasteiger partial charge is 0.497 e. The van der Waals surface area contributed by atoms with E-state index in [2.05, 4.69) is 0 Å². The maximum absolute atomic E-state index is 12.6. The van der Waals surface area contributed by atoms with E-state index >= 15 is 0 Å². The van der Waals surface area contributed by atoms with Gasteiger partial charge in [0.1, 0.15) is 16.1 Å². The molecule has 1 unspecified atom stereocenters. The van der Waals surface area contributed by atoms with Crippen LogP contribution in [-0.2, 0) is 14.3 Å².